The molecule has 7 heteroatoms. The molecule has 0 atom stereocenters. The topological polar surface area (TPSA) is 91.0 Å². The zero-order chi connectivity index (χ0) is 21.3. The predicted molar refractivity (Wildman–Crippen MR) is 118 cm³/mol. The molecule has 0 saturated heterocycles. The molecule has 3 N–H and O–H groups in total. The predicted octanol–water partition coefficient (Wildman–Crippen LogP) is 4.60. The van der Waals surface area contributed by atoms with Crippen molar-refractivity contribution in [1.29, 1.82) is 0 Å². The number of guanidine groups is 1. The average Bonchev–Trinajstić information content (AvgIpc) is 2.74. The first-order valence-corrected chi connectivity index (χ1v) is 9.62. The molecule has 156 valence electrons. The van der Waals surface area contributed by atoms with Crippen LogP contribution in [0.3, 0.4) is 0 Å². The van der Waals surface area contributed by atoms with Crippen LogP contribution in [-0.4, -0.2) is 24.2 Å². The molecule has 0 amide bonds. The largest absolute Gasteiger partial charge is 0.497 e. The van der Waals surface area contributed by atoms with Crippen LogP contribution in [0.4, 0.5) is 5.69 Å². The van der Waals surface area contributed by atoms with Crippen LogP contribution in [0.25, 0.3) is 0 Å². The van der Waals surface area contributed by atoms with Crippen LogP contribution in [0.2, 0.25) is 0 Å². The van der Waals surface area contributed by atoms with E-state index in [1.807, 2.05) is 62.4 Å². The van der Waals surface area contributed by atoms with E-state index in [2.05, 4.69) is 15.3 Å². The lowest BCUT2D eigenvalue weighted by atomic mass is 10.3. The monoisotopic (exact) mass is 406 g/mol. The van der Waals surface area contributed by atoms with Gasteiger partial charge in [-0.05, 0) is 55.8 Å². The Hall–Kier alpha value is -3.74. The summed E-state index contributed by atoms with van der Waals surface area (Å²) in [6.45, 7) is 4.38. The fourth-order valence-electron chi connectivity index (χ4n) is 2.60. The Labute approximate surface area is 176 Å². The molecule has 1 aromatic heterocycles. The van der Waals surface area contributed by atoms with Crippen molar-refractivity contribution in [2.24, 2.45) is 10.7 Å². The molecule has 0 bridgehead atoms. The van der Waals surface area contributed by atoms with Gasteiger partial charge < -0.3 is 25.3 Å². The maximum Gasteiger partial charge on any atom is 0.219 e. The van der Waals surface area contributed by atoms with Crippen LogP contribution in [0.5, 0.6) is 23.1 Å². The normalized spacial score (nSPS) is 11.3. The van der Waals surface area contributed by atoms with Gasteiger partial charge >= 0.3 is 0 Å². The van der Waals surface area contributed by atoms with E-state index in [-0.39, 0.29) is 6.10 Å². The van der Waals surface area contributed by atoms with Crippen molar-refractivity contribution >= 4 is 11.6 Å². The number of nitrogens with two attached hydrogens (primary N) is 1. The molecule has 0 saturated carbocycles. The molecule has 0 aliphatic rings. The van der Waals surface area contributed by atoms with Crippen LogP contribution in [0, 0.1) is 0 Å². The number of hydrogen-bond donors (Lipinski definition) is 2. The van der Waals surface area contributed by atoms with Crippen LogP contribution in [0.1, 0.15) is 19.4 Å². The molecule has 0 spiro atoms. The number of aromatic nitrogens is 1. The van der Waals surface area contributed by atoms with E-state index in [0.29, 0.717) is 24.1 Å². The van der Waals surface area contributed by atoms with Gasteiger partial charge in [0.05, 0.1) is 19.8 Å². The lowest BCUT2D eigenvalue weighted by Crippen LogP contribution is -2.22. The van der Waals surface area contributed by atoms with Gasteiger partial charge in [0.15, 0.2) is 5.96 Å². The SMILES string of the molecule is COc1cccc(Oc2ccc(CN=C(N)Nc3ccc(OC(C)C)cc3)cn2)c1. The first-order valence-electron chi connectivity index (χ1n) is 9.62. The maximum atomic E-state index is 5.98. The fourth-order valence-corrected chi connectivity index (χ4v) is 2.60. The number of rotatable bonds is 8. The van der Waals surface area contributed by atoms with Gasteiger partial charge in [-0.3, -0.25) is 0 Å². The van der Waals surface area contributed by atoms with E-state index in [0.717, 1.165) is 22.7 Å². The molecule has 7 nitrogen and oxygen atoms in total. The molecule has 2 aromatic carbocycles. The first kappa shape index (κ1) is 21.0. The zero-order valence-corrected chi connectivity index (χ0v) is 17.3. The standard InChI is InChI=1S/C23H26N4O3/c1-16(2)29-19-10-8-18(9-11-19)27-23(24)26-15-17-7-12-22(25-14-17)30-21-6-4-5-20(13-21)28-3/h4-14,16H,15H2,1-3H3,(H3,24,26,27). The van der Waals surface area contributed by atoms with E-state index < -0.39 is 0 Å². The Balaban J connectivity index is 1.53. The minimum atomic E-state index is 0.136. The minimum Gasteiger partial charge on any atom is -0.497 e. The number of aliphatic imine (C=N–C) groups is 1. The van der Waals surface area contributed by atoms with E-state index in [9.17, 15) is 0 Å². The summed E-state index contributed by atoms with van der Waals surface area (Å²) < 4.78 is 16.6. The van der Waals surface area contributed by atoms with Crippen molar-refractivity contribution < 1.29 is 14.2 Å². The van der Waals surface area contributed by atoms with Gasteiger partial charge in [0.1, 0.15) is 17.2 Å². The van der Waals surface area contributed by atoms with E-state index in [1.54, 1.807) is 25.4 Å². The average molecular weight is 406 g/mol. The summed E-state index contributed by atoms with van der Waals surface area (Å²) >= 11 is 0. The molecule has 1 heterocycles. The summed E-state index contributed by atoms with van der Waals surface area (Å²) in [6.07, 6.45) is 1.85. The van der Waals surface area contributed by atoms with Crippen LogP contribution in [0.15, 0.2) is 71.9 Å². The van der Waals surface area contributed by atoms with Crippen molar-refractivity contribution in [1.82, 2.24) is 4.98 Å². The second-order valence-corrected chi connectivity index (χ2v) is 6.80. The van der Waals surface area contributed by atoms with Gasteiger partial charge in [0.25, 0.3) is 0 Å². The van der Waals surface area contributed by atoms with Gasteiger partial charge in [0, 0.05) is 24.0 Å². The van der Waals surface area contributed by atoms with Gasteiger partial charge in [0.2, 0.25) is 5.88 Å². The fraction of sp³-hybridized carbons (Fsp3) is 0.217. The Morgan fingerprint density at radius 1 is 1.03 bits per heavy atom. The third-order valence-electron chi connectivity index (χ3n) is 3.99. The zero-order valence-electron chi connectivity index (χ0n) is 17.3. The first-order chi connectivity index (χ1) is 14.5. The lowest BCUT2D eigenvalue weighted by Gasteiger charge is -2.11. The number of hydrogen-bond acceptors (Lipinski definition) is 5. The van der Waals surface area contributed by atoms with Crippen LogP contribution >= 0.6 is 0 Å². The number of nitrogens with one attached hydrogen (secondary N) is 1. The number of ether oxygens (including phenoxy) is 3. The highest BCUT2D eigenvalue weighted by Gasteiger charge is 2.02. The number of methoxy groups -OCH3 is 1. The van der Waals surface area contributed by atoms with Gasteiger partial charge in [-0.15, -0.1) is 0 Å². The Kier molecular flexibility index (Phi) is 7.10. The summed E-state index contributed by atoms with van der Waals surface area (Å²) in [5.41, 5.74) is 7.74. The molecule has 3 aromatic rings. The third kappa shape index (κ3) is 6.41. The number of nitrogens with zero attached hydrogens (tertiary/aromatic N) is 2. The van der Waals surface area contributed by atoms with Crippen molar-refractivity contribution in [2.75, 3.05) is 12.4 Å². The quantitative estimate of drug-likeness (QED) is 0.420. The van der Waals surface area contributed by atoms with Crippen molar-refractivity contribution in [2.45, 2.75) is 26.5 Å². The molecular weight excluding hydrogens is 380 g/mol. The second-order valence-electron chi connectivity index (χ2n) is 6.80. The summed E-state index contributed by atoms with van der Waals surface area (Å²) in [6, 6.07) is 18.6. The number of pyridine rings is 1. The van der Waals surface area contributed by atoms with Gasteiger partial charge in [-0.25, -0.2) is 9.98 Å². The summed E-state index contributed by atoms with van der Waals surface area (Å²) in [7, 11) is 1.61. The highest BCUT2D eigenvalue weighted by molar-refractivity contribution is 5.92. The number of benzene rings is 2. The third-order valence-corrected chi connectivity index (χ3v) is 3.99. The van der Waals surface area contributed by atoms with Crippen molar-refractivity contribution in [3.63, 3.8) is 0 Å². The molecule has 0 fully saturated rings. The lowest BCUT2D eigenvalue weighted by molar-refractivity contribution is 0.242. The van der Waals surface area contributed by atoms with Crippen LogP contribution < -0.4 is 25.3 Å². The second kappa shape index (κ2) is 10.2. The molecule has 3 rings (SSSR count). The smallest absolute Gasteiger partial charge is 0.219 e. The Morgan fingerprint density at radius 2 is 1.80 bits per heavy atom. The molecule has 0 radical (unpaired) electrons. The van der Waals surface area contributed by atoms with Crippen molar-refractivity contribution in [3.05, 3.63) is 72.4 Å². The molecule has 30 heavy (non-hydrogen) atoms. The van der Waals surface area contributed by atoms with Crippen LogP contribution in [-0.2, 0) is 6.54 Å². The summed E-state index contributed by atoms with van der Waals surface area (Å²) in [4.78, 5) is 8.67. The molecule has 0 aliphatic carbocycles. The van der Waals surface area contributed by atoms with Crippen molar-refractivity contribution in [3.8, 4) is 23.1 Å². The highest BCUT2D eigenvalue weighted by atomic mass is 16.5. The van der Waals surface area contributed by atoms with E-state index >= 15 is 0 Å². The molecular formula is C23H26N4O3. The van der Waals surface area contributed by atoms with E-state index in [1.165, 1.54) is 0 Å². The van der Waals surface area contributed by atoms with Gasteiger partial charge in [-0.2, -0.15) is 0 Å². The molecule has 0 aliphatic heterocycles. The Morgan fingerprint density at radius 3 is 2.47 bits per heavy atom. The summed E-state index contributed by atoms with van der Waals surface area (Å²) in [5.74, 6) is 3.01. The molecule has 0 unspecified atom stereocenters. The Bertz CT molecular complexity index is 970. The van der Waals surface area contributed by atoms with Gasteiger partial charge in [-0.1, -0.05) is 12.1 Å². The summed E-state index contributed by atoms with van der Waals surface area (Å²) in [5, 5.41) is 3.06. The maximum absolute atomic E-state index is 5.98. The highest BCUT2D eigenvalue weighted by Crippen LogP contribution is 2.24. The minimum absolute atomic E-state index is 0.136. The number of anilines is 1. The van der Waals surface area contributed by atoms with E-state index in [4.69, 9.17) is 19.9 Å².